The molecule has 0 atom stereocenters. The molecule has 0 bridgehead atoms. The average molecular weight is 513 g/mol. The Morgan fingerprint density at radius 1 is 1.22 bits per heavy atom. The van der Waals surface area contributed by atoms with E-state index in [1.807, 2.05) is 13.8 Å². The third-order valence-corrected chi connectivity index (χ3v) is 8.04. The third-order valence-electron chi connectivity index (χ3n) is 4.03. The van der Waals surface area contributed by atoms with Crippen molar-refractivity contribution in [1.29, 1.82) is 0 Å². The molecule has 0 saturated heterocycles. The van der Waals surface area contributed by atoms with Gasteiger partial charge in [-0.2, -0.15) is 0 Å². The van der Waals surface area contributed by atoms with E-state index < -0.39 is 22.5 Å². The number of anilines is 2. The Morgan fingerprint density at radius 3 is 2.56 bits per heavy atom. The Bertz CT molecular complexity index is 1190. The quantitative estimate of drug-likeness (QED) is 0.332. The second-order valence-electron chi connectivity index (χ2n) is 6.73. The number of benzene rings is 2. The van der Waals surface area contributed by atoms with Gasteiger partial charge in [-0.1, -0.05) is 66.7 Å². The lowest BCUT2D eigenvalue weighted by atomic mass is 10.3. The number of nitrogens with zero attached hydrogens (tertiary/aromatic N) is 3. The minimum atomic E-state index is -4.05. The number of carbonyl (C=O) groups excluding carboxylic acids is 1. The number of thioether (sulfide) groups is 1. The van der Waals surface area contributed by atoms with Crippen LogP contribution in [0.3, 0.4) is 0 Å². The summed E-state index contributed by atoms with van der Waals surface area (Å²) >= 11 is 8.97. The zero-order chi connectivity index (χ0) is 23.3. The van der Waals surface area contributed by atoms with Gasteiger partial charge < -0.3 is 4.74 Å². The van der Waals surface area contributed by atoms with Crippen LogP contribution in [-0.2, 0) is 14.8 Å². The van der Waals surface area contributed by atoms with Gasteiger partial charge in [-0.3, -0.25) is 14.4 Å². The molecule has 1 aromatic heterocycles. The van der Waals surface area contributed by atoms with Crippen LogP contribution < -0.4 is 14.4 Å². The van der Waals surface area contributed by atoms with Crippen LogP contribution in [0.15, 0.2) is 57.8 Å². The van der Waals surface area contributed by atoms with Gasteiger partial charge in [0, 0.05) is 5.25 Å². The number of amides is 1. The average Bonchev–Trinajstić information content (AvgIpc) is 3.18. The number of hydrogen-bond donors (Lipinski definition) is 1. The van der Waals surface area contributed by atoms with Crippen LogP contribution in [0.2, 0.25) is 5.02 Å². The summed E-state index contributed by atoms with van der Waals surface area (Å²) in [7, 11) is -2.59. The van der Waals surface area contributed by atoms with Crippen LogP contribution >= 0.6 is 34.7 Å². The van der Waals surface area contributed by atoms with Crippen molar-refractivity contribution in [1.82, 2.24) is 10.2 Å². The van der Waals surface area contributed by atoms with E-state index in [0.717, 1.165) is 4.31 Å². The first-order valence-corrected chi connectivity index (χ1v) is 12.9. The van der Waals surface area contributed by atoms with Crippen LogP contribution in [0.4, 0.5) is 10.8 Å². The molecule has 8 nitrogen and oxygen atoms in total. The molecular formula is C20H21ClN4O4S3. The number of sulfonamides is 1. The highest BCUT2D eigenvalue weighted by Crippen LogP contribution is 2.32. The second kappa shape index (κ2) is 10.5. The molecule has 0 aliphatic carbocycles. The van der Waals surface area contributed by atoms with Gasteiger partial charge in [-0.15, -0.1) is 10.2 Å². The van der Waals surface area contributed by atoms with Gasteiger partial charge in [0.25, 0.3) is 10.0 Å². The van der Waals surface area contributed by atoms with E-state index in [1.165, 1.54) is 54.5 Å². The molecule has 3 aromatic rings. The van der Waals surface area contributed by atoms with Crippen LogP contribution in [-0.4, -0.2) is 43.4 Å². The van der Waals surface area contributed by atoms with Crippen LogP contribution in [0.1, 0.15) is 13.8 Å². The highest BCUT2D eigenvalue weighted by atomic mass is 35.5. The molecule has 1 heterocycles. The monoisotopic (exact) mass is 512 g/mol. The molecular weight excluding hydrogens is 492 g/mol. The summed E-state index contributed by atoms with van der Waals surface area (Å²) in [4.78, 5) is 12.8. The molecule has 32 heavy (non-hydrogen) atoms. The predicted octanol–water partition coefficient (Wildman–Crippen LogP) is 4.53. The Hall–Kier alpha value is -2.34. The topological polar surface area (TPSA) is 101 Å². The largest absolute Gasteiger partial charge is 0.495 e. The van der Waals surface area contributed by atoms with Gasteiger partial charge >= 0.3 is 0 Å². The molecule has 0 fully saturated rings. The summed E-state index contributed by atoms with van der Waals surface area (Å²) < 4.78 is 33.6. The summed E-state index contributed by atoms with van der Waals surface area (Å²) in [6, 6.07) is 12.4. The number of ether oxygens (including phenoxy) is 1. The first-order valence-electron chi connectivity index (χ1n) is 9.42. The summed E-state index contributed by atoms with van der Waals surface area (Å²) in [5.74, 6) is -0.172. The Labute approximate surface area is 200 Å². The van der Waals surface area contributed by atoms with E-state index in [-0.39, 0.29) is 15.6 Å². The van der Waals surface area contributed by atoms with E-state index in [4.69, 9.17) is 16.3 Å². The number of nitrogens with one attached hydrogen (secondary N) is 1. The number of methoxy groups -OCH3 is 1. The maximum absolute atomic E-state index is 13.4. The van der Waals surface area contributed by atoms with E-state index >= 15 is 0 Å². The molecule has 0 aliphatic heterocycles. The number of carbonyl (C=O) groups is 1. The lowest BCUT2D eigenvalue weighted by molar-refractivity contribution is -0.114. The molecule has 0 saturated carbocycles. The normalized spacial score (nSPS) is 11.4. The van der Waals surface area contributed by atoms with Crippen LogP contribution in [0.5, 0.6) is 5.75 Å². The van der Waals surface area contributed by atoms with E-state index in [2.05, 4.69) is 15.5 Å². The predicted molar refractivity (Wildman–Crippen MR) is 129 cm³/mol. The summed E-state index contributed by atoms with van der Waals surface area (Å²) in [5, 5.41) is 11.4. The molecule has 0 aliphatic rings. The van der Waals surface area contributed by atoms with Crippen molar-refractivity contribution in [3.63, 3.8) is 0 Å². The minimum Gasteiger partial charge on any atom is -0.495 e. The fourth-order valence-electron chi connectivity index (χ4n) is 2.64. The highest BCUT2D eigenvalue weighted by molar-refractivity contribution is 8.01. The number of halogens is 1. The van der Waals surface area contributed by atoms with Crippen molar-refractivity contribution in [2.24, 2.45) is 0 Å². The van der Waals surface area contributed by atoms with Gasteiger partial charge in [0.1, 0.15) is 12.3 Å². The number of rotatable bonds is 9. The standard InChI is InChI=1S/C20H21ClN4O4S3/c1-13(2)30-20-24-23-19(31-20)22-18(26)12-25(14-9-10-17(29-3)16(21)11-14)32(27,28)15-7-5-4-6-8-15/h4-11,13H,12H2,1-3H3,(H,22,23,26). The fourth-order valence-corrected chi connectivity index (χ4v) is 6.32. The summed E-state index contributed by atoms with van der Waals surface area (Å²) in [6.07, 6.45) is 0. The zero-order valence-electron chi connectivity index (χ0n) is 17.5. The summed E-state index contributed by atoms with van der Waals surface area (Å²) in [5.41, 5.74) is 0.225. The molecule has 0 radical (unpaired) electrons. The molecule has 0 spiro atoms. The van der Waals surface area contributed by atoms with Gasteiger partial charge in [0.05, 0.1) is 22.7 Å². The molecule has 2 aromatic carbocycles. The Balaban J connectivity index is 1.90. The van der Waals surface area contributed by atoms with Crippen molar-refractivity contribution in [3.8, 4) is 5.75 Å². The smallest absolute Gasteiger partial charge is 0.264 e. The van der Waals surface area contributed by atoms with Crippen molar-refractivity contribution in [2.45, 2.75) is 28.3 Å². The van der Waals surface area contributed by atoms with Crippen molar-refractivity contribution < 1.29 is 17.9 Å². The maximum atomic E-state index is 13.4. The minimum absolute atomic E-state index is 0.0475. The summed E-state index contributed by atoms with van der Waals surface area (Å²) in [6.45, 7) is 3.57. The van der Waals surface area contributed by atoms with E-state index in [1.54, 1.807) is 24.3 Å². The SMILES string of the molecule is COc1ccc(N(CC(=O)Nc2nnc(SC(C)C)s2)S(=O)(=O)c2ccccc2)cc1Cl. The molecule has 170 valence electrons. The maximum Gasteiger partial charge on any atom is 0.264 e. The van der Waals surface area contributed by atoms with E-state index in [9.17, 15) is 13.2 Å². The zero-order valence-corrected chi connectivity index (χ0v) is 20.7. The molecule has 3 rings (SSSR count). The van der Waals surface area contributed by atoms with Gasteiger partial charge in [-0.05, 0) is 30.3 Å². The number of hydrogen-bond acceptors (Lipinski definition) is 8. The molecule has 0 unspecified atom stereocenters. The number of aromatic nitrogens is 2. The highest BCUT2D eigenvalue weighted by Gasteiger charge is 2.28. The van der Waals surface area contributed by atoms with Gasteiger partial charge in [0.15, 0.2) is 4.34 Å². The van der Waals surface area contributed by atoms with Gasteiger partial charge in [0.2, 0.25) is 11.0 Å². The fraction of sp³-hybridized carbons (Fsp3) is 0.250. The molecule has 12 heteroatoms. The molecule has 1 N–H and O–H groups in total. The van der Waals surface area contributed by atoms with Crippen LogP contribution in [0, 0.1) is 0 Å². The third kappa shape index (κ3) is 5.91. The van der Waals surface area contributed by atoms with E-state index in [0.29, 0.717) is 20.5 Å². The van der Waals surface area contributed by atoms with Crippen LogP contribution in [0.25, 0.3) is 0 Å². The lowest BCUT2D eigenvalue weighted by Crippen LogP contribution is -2.38. The lowest BCUT2D eigenvalue weighted by Gasteiger charge is -2.24. The first-order chi connectivity index (χ1) is 15.2. The Morgan fingerprint density at radius 2 is 1.94 bits per heavy atom. The van der Waals surface area contributed by atoms with Gasteiger partial charge in [-0.25, -0.2) is 8.42 Å². The first kappa shape index (κ1) is 24.3. The molecule has 1 amide bonds. The second-order valence-corrected chi connectivity index (χ2v) is 11.8. The van der Waals surface area contributed by atoms with Crippen molar-refractivity contribution in [3.05, 3.63) is 53.6 Å². The van der Waals surface area contributed by atoms with Crippen molar-refractivity contribution in [2.75, 3.05) is 23.3 Å². The van der Waals surface area contributed by atoms with Crippen molar-refractivity contribution >= 4 is 61.4 Å². The Kier molecular flexibility index (Phi) is 7.99.